The molecule has 0 fully saturated rings. The van der Waals surface area contributed by atoms with Gasteiger partial charge in [-0.05, 0) is 6.92 Å². The van der Waals surface area contributed by atoms with Gasteiger partial charge in [-0.2, -0.15) is 0 Å². The Bertz CT molecular complexity index is 304. The van der Waals surface area contributed by atoms with E-state index in [0.29, 0.717) is 28.9 Å². The Kier molecular flexibility index (Phi) is 3.63. The number of rotatable bonds is 3. The summed E-state index contributed by atoms with van der Waals surface area (Å²) in [7, 11) is 0. The topological polar surface area (TPSA) is 48.1 Å². The molecule has 0 unspecified atom stereocenters. The Morgan fingerprint density at radius 1 is 1.62 bits per heavy atom. The zero-order chi connectivity index (χ0) is 9.84. The molecule has 0 aliphatic carbocycles. The van der Waals surface area contributed by atoms with Crippen LogP contribution in [0.4, 0.5) is 5.69 Å². The van der Waals surface area contributed by atoms with Gasteiger partial charge in [-0.15, -0.1) is 11.6 Å². The molecule has 0 atom stereocenters. The summed E-state index contributed by atoms with van der Waals surface area (Å²) in [4.78, 5) is 3.99. The van der Waals surface area contributed by atoms with Gasteiger partial charge in [0, 0.05) is 6.07 Å². The zero-order valence-corrected chi connectivity index (χ0v) is 8.69. The molecule has 0 amide bonds. The number of nitrogens with zero attached hydrogens (tertiary/aromatic N) is 1. The van der Waals surface area contributed by atoms with Crippen LogP contribution >= 0.6 is 23.2 Å². The summed E-state index contributed by atoms with van der Waals surface area (Å²) in [5.41, 5.74) is 6.73. The lowest BCUT2D eigenvalue weighted by molar-refractivity contribution is 0.339. The van der Waals surface area contributed by atoms with Gasteiger partial charge < -0.3 is 10.5 Å². The molecule has 0 bridgehead atoms. The third kappa shape index (κ3) is 2.39. The quantitative estimate of drug-likeness (QED) is 0.629. The van der Waals surface area contributed by atoms with Crippen LogP contribution in [0, 0.1) is 0 Å². The molecule has 3 nitrogen and oxygen atoms in total. The minimum atomic E-state index is 0.248. The van der Waals surface area contributed by atoms with E-state index in [-0.39, 0.29) is 5.88 Å². The molecule has 0 aromatic carbocycles. The van der Waals surface area contributed by atoms with Crippen molar-refractivity contribution in [2.24, 2.45) is 0 Å². The van der Waals surface area contributed by atoms with Crippen LogP contribution in [0.25, 0.3) is 0 Å². The molecule has 0 saturated carbocycles. The van der Waals surface area contributed by atoms with Crippen LogP contribution in [0.5, 0.6) is 5.75 Å². The van der Waals surface area contributed by atoms with Crippen LogP contribution in [-0.2, 0) is 5.88 Å². The average molecular weight is 221 g/mol. The molecule has 1 aromatic heterocycles. The number of ether oxygens (including phenoxy) is 1. The number of nitrogen functional groups attached to an aromatic ring is 1. The molecular weight excluding hydrogens is 211 g/mol. The van der Waals surface area contributed by atoms with Gasteiger partial charge >= 0.3 is 0 Å². The molecule has 1 heterocycles. The number of aromatic nitrogens is 1. The van der Waals surface area contributed by atoms with E-state index < -0.39 is 0 Å². The minimum Gasteiger partial charge on any atom is -0.491 e. The highest BCUT2D eigenvalue weighted by atomic mass is 35.5. The first-order valence-electron chi connectivity index (χ1n) is 3.82. The zero-order valence-electron chi connectivity index (χ0n) is 7.18. The highest BCUT2D eigenvalue weighted by Gasteiger charge is 2.07. The largest absolute Gasteiger partial charge is 0.491 e. The lowest BCUT2D eigenvalue weighted by atomic mass is 10.3. The van der Waals surface area contributed by atoms with Gasteiger partial charge in [0.25, 0.3) is 0 Å². The van der Waals surface area contributed by atoms with E-state index in [2.05, 4.69) is 4.98 Å². The smallest absolute Gasteiger partial charge is 0.171 e. The van der Waals surface area contributed by atoms with E-state index in [1.807, 2.05) is 6.92 Å². The molecule has 72 valence electrons. The van der Waals surface area contributed by atoms with Crippen molar-refractivity contribution in [2.75, 3.05) is 12.3 Å². The van der Waals surface area contributed by atoms with Gasteiger partial charge in [-0.3, -0.25) is 0 Å². The van der Waals surface area contributed by atoms with Crippen molar-refractivity contribution in [1.29, 1.82) is 0 Å². The van der Waals surface area contributed by atoms with E-state index in [9.17, 15) is 0 Å². The number of hydrogen-bond donors (Lipinski definition) is 1. The first kappa shape index (κ1) is 10.4. The van der Waals surface area contributed by atoms with Crippen molar-refractivity contribution in [3.05, 3.63) is 16.9 Å². The molecule has 0 radical (unpaired) electrons. The summed E-state index contributed by atoms with van der Waals surface area (Å²) in [6.45, 7) is 2.39. The van der Waals surface area contributed by atoms with Crippen LogP contribution in [-0.4, -0.2) is 11.6 Å². The molecule has 0 spiro atoms. The number of pyridine rings is 1. The van der Waals surface area contributed by atoms with Gasteiger partial charge in [0.15, 0.2) is 10.9 Å². The van der Waals surface area contributed by atoms with E-state index >= 15 is 0 Å². The molecule has 5 heteroatoms. The molecular formula is C8H10Cl2N2O. The predicted octanol–water partition coefficient (Wildman–Crippen LogP) is 2.45. The maximum Gasteiger partial charge on any atom is 0.171 e. The SMILES string of the molecule is CCOc1cc(N)c(CCl)nc1Cl. The molecule has 0 saturated heterocycles. The summed E-state index contributed by atoms with van der Waals surface area (Å²) < 4.78 is 5.20. The molecule has 13 heavy (non-hydrogen) atoms. The lowest BCUT2D eigenvalue weighted by Gasteiger charge is -2.07. The Morgan fingerprint density at radius 3 is 2.85 bits per heavy atom. The summed E-state index contributed by atoms with van der Waals surface area (Å²) in [5, 5.41) is 0.298. The first-order valence-corrected chi connectivity index (χ1v) is 4.74. The maximum absolute atomic E-state index is 5.81. The van der Waals surface area contributed by atoms with E-state index in [1.165, 1.54) is 0 Å². The Morgan fingerprint density at radius 2 is 2.31 bits per heavy atom. The van der Waals surface area contributed by atoms with E-state index in [1.54, 1.807) is 6.07 Å². The minimum absolute atomic E-state index is 0.248. The van der Waals surface area contributed by atoms with Crippen molar-refractivity contribution in [2.45, 2.75) is 12.8 Å². The van der Waals surface area contributed by atoms with Crippen LogP contribution in [0.3, 0.4) is 0 Å². The van der Waals surface area contributed by atoms with Crippen molar-refractivity contribution < 1.29 is 4.74 Å². The fourth-order valence-corrected chi connectivity index (χ4v) is 1.31. The van der Waals surface area contributed by atoms with Crippen molar-refractivity contribution in [3.63, 3.8) is 0 Å². The van der Waals surface area contributed by atoms with Crippen molar-refractivity contribution in [1.82, 2.24) is 4.98 Å². The number of hydrogen-bond acceptors (Lipinski definition) is 3. The highest BCUT2D eigenvalue weighted by Crippen LogP contribution is 2.27. The highest BCUT2D eigenvalue weighted by molar-refractivity contribution is 6.31. The summed E-state index contributed by atoms with van der Waals surface area (Å²) in [6, 6.07) is 1.64. The predicted molar refractivity (Wildman–Crippen MR) is 54.4 cm³/mol. The van der Waals surface area contributed by atoms with Crippen molar-refractivity contribution >= 4 is 28.9 Å². The van der Waals surface area contributed by atoms with Crippen LogP contribution in [0.1, 0.15) is 12.6 Å². The van der Waals surface area contributed by atoms with E-state index in [0.717, 1.165) is 0 Å². The monoisotopic (exact) mass is 220 g/mol. The molecule has 1 rings (SSSR count). The summed E-state index contributed by atoms with van der Waals surface area (Å²) in [6.07, 6.45) is 0. The van der Waals surface area contributed by atoms with E-state index in [4.69, 9.17) is 33.7 Å². The molecule has 1 aromatic rings. The second-order valence-electron chi connectivity index (χ2n) is 2.38. The molecule has 2 N–H and O–H groups in total. The molecule has 0 aliphatic heterocycles. The third-order valence-electron chi connectivity index (χ3n) is 1.48. The second-order valence-corrected chi connectivity index (χ2v) is 3.01. The second kappa shape index (κ2) is 4.53. The first-order chi connectivity index (χ1) is 6.19. The lowest BCUT2D eigenvalue weighted by Crippen LogP contribution is -2.00. The number of halogens is 2. The fraction of sp³-hybridized carbons (Fsp3) is 0.375. The van der Waals surface area contributed by atoms with Crippen LogP contribution in [0.2, 0.25) is 5.15 Å². The Hall–Kier alpha value is -0.670. The standard InChI is InChI=1S/C8H10Cl2N2O/c1-2-13-7-3-5(11)6(4-9)12-8(7)10/h3H,2,4,11H2,1H3. The van der Waals surface area contributed by atoms with Crippen LogP contribution < -0.4 is 10.5 Å². The Balaban J connectivity index is 3.05. The van der Waals surface area contributed by atoms with Crippen LogP contribution in [0.15, 0.2) is 6.07 Å². The number of anilines is 1. The fourth-order valence-electron chi connectivity index (χ4n) is 0.886. The number of nitrogens with two attached hydrogens (primary N) is 1. The maximum atomic E-state index is 5.81. The van der Waals surface area contributed by atoms with Gasteiger partial charge in [-0.25, -0.2) is 4.98 Å². The van der Waals surface area contributed by atoms with Gasteiger partial charge in [-0.1, -0.05) is 11.6 Å². The number of alkyl halides is 1. The third-order valence-corrected chi connectivity index (χ3v) is 2.01. The normalized spacial score (nSPS) is 10.1. The van der Waals surface area contributed by atoms with Gasteiger partial charge in [0.2, 0.25) is 0 Å². The molecule has 0 aliphatic rings. The average Bonchev–Trinajstić information content (AvgIpc) is 2.11. The van der Waals surface area contributed by atoms with Crippen molar-refractivity contribution in [3.8, 4) is 5.75 Å². The van der Waals surface area contributed by atoms with Gasteiger partial charge in [0.05, 0.1) is 23.9 Å². The van der Waals surface area contributed by atoms with Gasteiger partial charge in [0.1, 0.15) is 0 Å². The Labute approximate surface area is 86.8 Å². The summed E-state index contributed by atoms with van der Waals surface area (Å²) >= 11 is 11.4. The summed E-state index contributed by atoms with van der Waals surface area (Å²) in [5.74, 6) is 0.744.